The lowest BCUT2D eigenvalue weighted by Crippen LogP contribution is -2.35. The zero-order valence-electron chi connectivity index (χ0n) is 10.4. The van der Waals surface area contributed by atoms with E-state index in [0.29, 0.717) is 4.47 Å². The molecule has 0 atom stereocenters. The summed E-state index contributed by atoms with van der Waals surface area (Å²) in [5.41, 5.74) is 0. The summed E-state index contributed by atoms with van der Waals surface area (Å²) >= 11 is 7.24. The molecule has 96 valence electrons. The van der Waals surface area contributed by atoms with Crippen LogP contribution < -0.4 is 0 Å². The molecule has 0 N–H and O–H groups in total. The topological polar surface area (TPSA) is 32.3 Å². The van der Waals surface area contributed by atoms with E-state index in [0.717, 1.165) is 24.0 Å². The van der Waals surface area contributed by atoms with Gasteiger partial charge >= 0.3 is 0 Å². The molecule has 0 unspecified atom stereocenters. The average molecular weight is 275 g/mol. The molecule has 0 spiro atoms. The van der Waals surface area contributed by atoms with Crippen LogP contribution in [0, 0.1) is 5.92 Å². The normalized spacial score (nSPS) is 19.1. The van der Waals surface area contributed by atoms with E-state index in [9.17, 15) is 0 Å². The Morgan fingerprint density at radius 2 is 2.12 bits per heavy atom. The van der Waals surface area contributed by atoms with Crippen LogP contribution in [0.15, 0.2) is 0 Å². The van der Waals surface area contributed by atoms with Gasteiger partial charge in [-0.2, -0.15) is 0 Å². The lowest BCUT2D eigenvalue weighted by atomic mass is 9.97. The fourth-order valence-electron chi connectivity index (χ4n) is 2.28. The van der Waals surface area contributed by atoms with Crippen molar-refractivity contribution in [2.75, 3.05) is 33.7 Å². The van der Waals surface area contributed by atoms with Gasteiger partial charge in [-0.15, -0.1) is 10.2 Å². The first-order valence-electron chi connectivity index (χ1n) is 5.98. The fourth-order valence-corrected chi connectivity index (χ4v) is 3.23. The number of hydrogen-bond donors (Lipinski definition) is 0. The van der Waals surface area contributed by atoms with Crippen LogP contribution >= 0.6 is 22.9 Å². The van der Waals surface area contributed by atoms with Crippen molar-refractivity contribution in [3.8, 4) is 0 Å². The van der Waals surface area contributed by atoms with E-state index in [2.05, 4.69) is 34.1 Å². The number of piperidine rings is 1. The minimum absolute atomic E-state index is 0.535. The summed E-state index contributed by atoms with van der Waals surface area (Å²) in [7, 11) is 4.34. The maximum Gasteiger partial charge on any atom is 0.207 e. The minimum Gasteiger partial charge on any atom is -0.306 e. The highest BCUT2D eigenvalue weighted by Crippen LogP contribution is 2.19. The van der Waals surface area contributed by atoms with E-state index in [1.165, 1.54) is 37.3 Å². The number of hydrogen-bond acceptors (Lipinski definition) is 5. The van der Waals surface area contributed by atoms with Crippen molar-refractivity contribution < 1.29 is 0 Å². The van der Waals surface area contributed by atoms with Gasteiger partial charge in [0, 0.05) is 6.54 Å². The Hall–Kier alpha value is -0.230. The molecule has 1 saturated heterocycles. The lowest BCUT2D eigenvalue weighted by Gasteiger charge is -2.31. The van der Waals surface area contributed by atoms with Crippen LogP contribution in [0.5, 0.6) is 0 Å². The number of aromatic nitrogens is 2. The lowest BCUT2D eigenvalue weighted by molar-refractivity contribution is 0.173. The van der Waals surface area contributed by atoms with E-state index in [4.69, 9.17) is 11.6 Å². The Bertz CT molecular complexity index is 349. The molecule has 1 aliphatic rings. The molecular formula is C11H19ClN4S. The zero-order valence-corrected chi connectivity index (χ0v) is 12.0. The van der Waals surface area contributed by atoms with Gasteiger partial charge in [0.05, 0.1) is 6.54 Å². The molecule has 0 bridgehead atoms. The highest BCUT2D eigenvalue weighted by molar-refractivity contribution is 7.15. The minimum atomic E-state index is 0.535. The molecule has 2 rings (SSSR count). The molecule has 1 aliphatic heterocycles. The first-order chi connectivity index (χ1) is 8.13. The maximum atomic E-state index is 5.77. The van der Waals surface area contributed by atoms with Crippen molar-refractivity contribution in [3.05, 3.63) is 9.47 Å². The standard InChI is InChI=1S/C11H19ClN4S/c1-15-5-3-9(4-6-15)7-16(2)8-10-13-14-11(12)17-10/h9H,3-8H2,1-2H3. The first kappa shape index (κ1) is 13.2. The molecule has 1 aromatic heterocycles. The third-order valence-corrected chi connectivity index (χ3v) is 4.26. The molecule has 17 heavy (non-hydrogen) atoms. The smallest absolute Gasteiger partial charge is 0.207 e. The monoisotopic (exact) mass is 274 g/mol. The Morgan fingerprint density at radius 1 is 1.41 bits per heavy atom. The van der Waals surface area contributed by atoms with Crippen LogP contribution in [0.1, 0.15) is 17.8 Å². The quantitative estimate of drug-likeness (QED) is 0.840. The molecule has 0 aliphatic carbocycles. The molecule has 4 nitrogen and oxygen atoms in total. The molecule has 1 aromatic rings. The molecule has 0 aromatic carbocycles. The van der Waals surface area contributed by atoms with Crippen molar-refractivity contribution in [1.29, 1.82) is 0 Å². The van der Waals surface area contributed by atoms with Crippen LogP contribution in [0.3, 0.4) is 0 Å². The molecule has 1 fully saturated rings. The Balaban J connectivity index is 1.75. The summed E-state index contributed by atoms with van der Waals surface area (Å²) in [4.78, 5) is 4.73. The zero-order chi connectivity index (χ0) is 12.3. The van der Waals surface area contributed by atoms with Gasteiger partial charge in [0.1, 0.15) is 5.01 Å². The van der Waals surface area contributed by atoms with Crippen molar-refractivity contribution >= 4 is 22.9 Å². The van der Waals surface area contributed by atoms with Gasteiger partial charge < -0.3 is 4.90 Å². The molecule has 0 saturated carbocycles. The molecule has 6 heteroatoms. The highest BCUT2D eigenvalue weighted by Gasteiger charge is 2.18. The van der Waals surface area contributed by atoms with Crippen molar-refractivity contribution in [3.63, 3.8) is 0 Å². The van der Waals surface area contributed by atoms with Crippen LogP contribution in [0.25, 0.3) is 0 Å². The van der Waals surface area contributed by atoms with Gasteiger partial charge in [-0.05, 0) is 57.5 Å². The Morgan fingerprint density at radius 3 is 2.71 bits per heavy atom. The van der Waals surface area contributed by atoms with Crippen LogP contribution in [-0.2, 0) is 6.54 Å². The Kier molecular flexibility index (Phi) is 4.73. The number of halogens is 1. The van der Waals surface area contributed by atoms with E-state index in [1.54, 1.807) is 0 Å². The highest BCUT2D eigenvalue weighted by atomic mass is 35.5. The van der Waals surface area contributed by atoms with Crippen molar-refractivity contribution in [1.82, 2.24) is 20.0 Å². The number of nitrogens with zero attached hydrogens (tertiary/aromatic N) is 4. The summed E-state index contributed by atoms with van der Waals surface area (Å²) in [5.74, 6) is 0.819. The second-order valence-corrected chi connectivity index (χ2v) is 6.54. The van der Waals surface area contributed by atoms with Crippen LogP contribution in [0.4, 0.5) is 0 Å². The van der Waals surface area contributed by atoms with Crippen LogP contribution in [-0.4, -0.2) is 53.7 Å². The number of likely N-dealkylation sites (tertiary alicyclic amines) is 1. The van der Waals surface area contributed by atoms with Gasteiger partial charge in [0.2, 0.25) is 4.47 Å². The SMILES string of the molecule is CN1CCC(CN(C)Cc2nnc(Cl)s2)CC1. The summed E-state index contributed by atoms with van der Waals surface area (Å²) in [5, 5.41) is 8.88. The van der Waals surface area contributed by atoms with Crippen molar-refractivity contribution in [2.24, 2.45) is 5.92 Å². The molecule has 0 amide bonds. The molecule has 2 heterocycles. The summed E-state index contributed by atoms with van der Waals surface area (Å²) in [6, 6.07) is 0. The third-order valence-electron chi connectivity index (χ3n) is 3.26. The average Bonchev–Trinajstić information content (AvgIpc) is 2.67. The van der Waals surface area contributed by atoms with Gasteiger partial charge in [-0.1, -0.05) is 11.3 Å². The van der Waals surface area contributed by atoms with Gasteiger partial charge in [0.15, 0.2) is 0 Å². The maximum absolute atomic E-state index is 5.77. The summed E-state index contributed by atoms with van der Waals surface area (Å²) < 4.78 is 0.535. The largest absolute Gasteiger partial charge is 0.306 e. The predicted octanol–water partition coefficient (Wildman–Crippen LogP) is 1.97. The summed E-state index contributed by atoms with van der Waals surface area (Å²) in [6.45, 7) is 4.45. The van der Waals surface area contributed by atoms with E-state index < -0.39 is 0 Å². The second-order valence-electron chi connectivity index (χ2n) is 4.89. The van der Waals surface area contributed by atoms with E-state index >= 15 is 0 Å². The predicted molar refractivity (Wildman–Crippen MR) is 71.5 cm³/mol. The van der Waals surface area contributed by atoms with E-state index in [1.807, 2.05) is 0 Å². The number of rotatable bonds is 4. The fraction of sp³-hybridized carbons (Fsp3) is 0.818. The van der Waals surface area contributed by atoms with Gasteiger partial charge in [-0.25, -0.2) is 0 Å². The molecular weight excluding hydrogens is 256 g/mol. The van der Waals surface area contributed by atoms with Gasteiger partial charge in [-0.3, -0.25) is 4.90 Å². The van der Waals surface area contributed by atoms with Crippen molar-refractivity contribution in [2.45, 2.75) is 19.4 Å². The molecule has 0 radical (unpaired) electrons. The van der Waals surface area contributed by atoms with E-state index in [-0.39, 0.29) is 0 Å². The summed E-state index contributed by atoms with van der Waals surface area (Å²) in [6.07, 6.45) is 2.61. The van der Waals surface area contributed by atoms with Gasteiger partial charge in [0.25, 0.3) is 0 Å². The Labute approximate surface area is 112 Å². The van der Waals surface area contributed by atoms with Crippen LogP contribution in [0.2, 0.25) is 4.47 Å². The third kappa shape index (κ3) is 4.17. The second kappa shape index (κ2) is 6.09. The first-order valence-corrected chi connectivity index (χ1v) is 7.18.